The van der Waals surface area contributed by atoms with Crippen molar-refractivity contribution in [2.45, 2.75) is 43.7 Å². The van der Waals surface area contributed by atoms with Gasteiger partial charge in [0.2, 0.25) is 0 Å². The van der Waals surface area contributed by atoms with Crippen LogP contribution in [-0.4, -0.2) is 35.8 Å². The predicted octanol–water partition coefficient (Wildman–Crippen LogP) is 2.52. The van der Waals surface area contributed by atoms with Crippen molar-refractivity contribution in [1.82, 2.24) is 10.6 Å². The molecule has 0 spiro atoms. The van der Waals surface area contributed by atoms with E-state index in [0.29, 0.717) is 5.25 Å². The van der Waals surface area contributed by atoms with E-state index in [1.807, 2.05) is 12.2 Å². The molecule has 2 unspecified atom stereocenters. The second-order valence-corrected chi connectivity index (χ2v) is 5.49. The van der Waals surface area contributed by atoms with Gasteiger partial charge in [0.15, 0.2) is 0 Å². The predicted molar refractivity (Wildman–Crippen MR) is 62.1 cm³/mol. The molecule has 0 heterocycles. The largest absolute Gasteiger partial charge is 0.405 e. The lowest BCUT2D eigenvalue weighted by molar-refractivity contribution is -0.122. The summed E-state index contributed by atoms with van der Waals surface area (Å²) in [6.45, 7) is 0.751. The highest BCUT2D eigenvalue weighted by atomic mass is 32.2. The van der Waals surface area contributed by atoms with Crippen LogP contribution in [0.25, 0.3) is 0 Å². The third-order valence-corrected chi connectivity index (χ3v) is 3.92. The third kappa shape index (κ3) is 5.52. The Bertz CT molecular complexity index is 260. The molecule has 1 fully saturated rings. The van der Waals surface area contributed by atoms with E-state index >= 15 is 0 Å². The standard InChI is InChI=1S/C10H17F3N2OS/c1-2-17-8-5-3-4-7(8)15-9(16)14-6-10(11,12)13/h7-8H,2-6H2,1H3,(H2,14,15,16). The highest BCUT2D eigenvalue weighted by molar-refractivity contribution is 7.99. The second kappa shape index (κ2) is 6.37. The molecule has 1 aliphatic carbocycles. The number of nitrogens with one attached hydrogen (secondary N) is 2. The molecule has 0 aromatic heterocycles. The molecule has 7 heteroatoms. The van der Waals surface area contributed by atoms with Gasteiger partial charge in [-0.1, -0.05) is 13.3 Å². The van der Waals surface area contributed by atoms with Crippen LogP contribution in [0.15, 0.2) is 0 Å². The minimum absolute atomic E-state index is 0.00631. The van der Waals surface area contributed by atoms with Gasteiger partial charge in [0.05, 0.1) is 0 Å². The highest BCUT2D eigenvalue weighted by Gasteiger charge is 2.31. The number of hydrogen-bond donors (Lipinski definition) is 2. The molecule has 3 nitrogen and oxygen atoms in total. The van der Waals surface area contributed by atoms with Gasteiger partial charge in [0.1, 0.15) is 6.54 Å². The summed E-state index contributed by atoms with van der Waals surface area (Å²) in [6, 6.07) is -0.732. The first-order valence-corrected chi connectivity index (χ1v) is 6.70. The first kappa shape index (κ1) is 14.5. The number of carbonyl (C=O) groups excluding carboxylic acids is 1. The van der Waals surface area contributed by atoms with Crippen LogP contribution in [0.2, 0.25) is 0 Å². The normalized spacial score (nSPS) is 24.7. The summed E-state index contributed by atoms with van der Waals surface area (Å²) < 4.78 is 35.6. The van der Waals surface area contributed by atoms with Crippen molar-refractivity contribution in [3.8, 4) is 0 Å². The maximum Gasteiger partial charge on any atom is 0.405 e. The van der Waals surface area contributed by atoms with E-state index in [0.717, 1.165) is 25.0 Å². The number of rotatable bonds is 4. The van der Waals surface area contributed by atoms with Crippen LogP contribution in [-0.2, 0) is 0 Å². The number of thioether (sulfide) groups is 1. The first-order chi connectivity index (χ1) is 7.92. The number of hydrogen-bond acceptors (Lipinski definition) is 2. The van der Waals surface area contributed by atoms with Crippen LogP contribution >= 0.6 is 11.8 Å². The fraction of sp³-hybridized carbons (Fsp3) is 0.900. The smallest absolute Gasteiger partial charge is 0.334 e. The molecule has 0 bridgehead atoms. The molecule has 0 aromatic carbocycles. The van der Waals surface area contributed by atoms with E-state index in [1.165, 1.54) is 0 Å². The molecule has 0 aliphatic heterocycles. The average molecular weight is 270 g/mol. The number of urea groups is 1. The van der Waals surface area contributed by atoms with Crippen LogP contribution in [0.4, 0.5) is 18.0 Å². The number of alkyl halides is 3. The van der Waals surface area contributed by atoms with Gasteiger partial charge >= 0.3 is 12.2 Å². The second-order valence-electron chi connectivity index (χ2n) is 3.97. The molecule has 1 rings (SSSR count). The summed E-state index contributed by atoms with van der Waals surface area (Å²) in [7, 11) is 0. The average Bonchev–Trinajstić information content (AvgIpc) is 2.63. The lowest BCUT2D eigenvalue weighted by Crippen LogP contribution is -2.47. The van der Waals surface area contributed by atoms with E-state index in [1.54, 1.807) is 11.8 Å². The SMILES string of the molecule is CCSC1CCCC1NC(=O)NCC(F)(F)F. The zero-order chi connectivity index (χ0) is 12.9. The van der Waals surface area contributed by atoms with Crippen molar-refractivity contribution >= 4 is 17.8 Å². The van der Waals surface area contributed by atoms with Gasteiger partial charge in [-0.05, 0) is 18.6 Å². The number of carbonyl (C=O) groups is 1. The Balaban J connectivity index is 2.30. The Hall–Kier alpha value is -0.590. The molecule has 0 radical (unpaired) electrons. The van der Waals surface area contributed by atoms with Crippen LogP contribution in [0.1, 0.15) is 26.2 Å². The van der Waals surface area contributed by atoms with E-state index in [-0.39, 0.29) is 6.04 Å². The molecule has 17 heavy (non-hydrogen) atoms. The van der Waals surface area contributed by atoms with Gasteiger partial charge in [0, 0.05) is 11.3 Å². The zero-order valence-electron chi connectivity index (χ0n) is 9.64. The Morgan fingerprint density at radius 1 is 1.41 bits per heavy atom. The minimum atomic E-state index is -4.36. The van der Waals surface area contributed by atoms with E-state index in [4.69, 9.17) is 0 Å². The fourth-order valence-corrected chi connectivity index (χ4v) is 3.10. The summed E-state index contributed by atoms with van der Waals surface area (Å²) in [5, 5.41) is 4.77. The maximum atomic E-state index is 11.9. The summed E-state index contributed by atoms with van der Waals surface area (Å²) in [6.07, 6.45) is -1.48. The van der Waals surface area contributed by atoms with E-state index in [9.17, 15) is 18.0 Å². The van der Waals surface area contributed by atoms with Crippen molar-refractivity contribution in [1.29, 1.82) is 0 Å². The maximum absolute atomic E-state index is 11.9. The third-order valence-electron chi connectivity index (χ3n) is 2.60. The first-order valence-electron chi connectivity index (χ1n) is 5.65. The van der Waals surface area contributed by atoms with Crippen molar-refractivity contribution in [3.63, 3.8) is 0 Å². The summed E-state index contributed by atoms with van der Waals surface area (Å²) >= 11 is 1.75. The molecule has 0 saturated heterocycles. The van der Waals surface area contributed by atoms with Crippen molar-refractivity contribution in [2.75, 3.05) is 12.3 Å². The summed E-state index contributed by atoms with van der Waals surface area (Å²) in [5.41, 5.74) is 0. The van der Waals surface area contributed by atoms with Crippen LogP contribution in [0.3, 0.4) is 0 Å². The van der Waals surface area contributed by atoms with Gasteiger partial charge in [-0.15, -0.1) is 0 Å². The quantitative estimate of drug-likeness (QED) is 0.824. The Labute approximate surface area is 103 Å². The van der Waals surface area contributed by atoms with Crippen LogP contribution < -0.4 is 10.6 Å². The highest BCUT2D eigenvalue weighted by Crippen LogP contribution is 2.29. The molecular formula is C10H17F3N2OS. The minimum Gasteiger partial charge on any atom is -0.334 e. The van der Waals surface area contributed by atoms with Crippen molar-refractivity contribution < 1.29 is 18.0 Å². The number of amides is 2. The van der Waals surface area contributed by atoms with Gasteiger partial charge in [-0.2, -0.15) is 24.9 Å². The molecule has 1 saturated carbocycles. The topological polar surface area (TPSA) is 41.1 Å². The van der Waals surface area contributed by atoms with Crippen molar-refractivity contribution in [3.05, 3.63) is 0 Å². The monoisotopic (exact) mass is 270 g/mol. The molecule has 1 aliphatic rings. The van der Waals surface area contributed by atoms with Gasteiger partial charge in [0.25, 0.3) is 0 Å². The van der Waals surface area contributed by atoms with E-state index in [2.05, 4.69) is 5.32 Å². The van der Waals surface area contributed by atoms with Gasteiger partial charge in [-0.3, -0.25) is 0 Å². The van der Waals surface area contributed by atoms with Crippen molar-refractivity contribution in [2.24, 2.45) is 0 Å². The molecule has 2 amide bonds. The van der Waals surface area contributed by atoms with E-state index < -0.39 is 18.8 Å². The molecule has 100 valence electrons. The molecule has 2 atom stereocenters. The Kier molecular flexibility index (Phi) is 5.42. The fourth-order valence-electron chi connectivity index (χ4n) is 1.90. The summed E-state index contributed by atoms with van der Waals surface area (Å²) in [4.78, 5) is 11.3. The van der Waals surface area contributed by atoms with Gasteiger partial charge < -0.3 is 10.6 Å². The molecule has 0 aromatic rings. The van der Waals surface area contributed by atoms with Crippen LogP contribution in [0.5, 0.6) is 0 Å². The Morgan fingerprint density at radius 3 is 2.71 bits per heavy atom. The lowest BCUT2D eigenvalue weighted by atomic mass is 10.2. The van der Waals surface area contributed by atoms with Gasteiger partial charge in [-0.25, -0.2) is 4.79 Å². The summed E-state index contributed by atoms with van der Waals surface area (Å²) in [5.74, 6) is 0.951. The van der Waals surface area contributed by atoms with Crippen LogP contribution in [0, 0.1) is 0 Å². The Morgan fingerprint density at radius 2 is 2.12 bits per heavy atom. The number of halogens is 3. The molecule has 2 N–H and O–H groups in total. The lowest BCUT2D eigenvalue weighted by Gasteiger charge is -2.20. The zero-order valence-corrected chi connectivity index (χ0v) is 10.5. The molecular weight excluding hydrogens is 253 g/mol.